The van der Waals surface area contributed by atoms with Crippen molar-refractivity contribution in [3.8, 4) is 0 Å². The van der Waals surface area contributed by atoms with Crippen molar-refractivity contribution in [1.82, 2.24) is 20.1 Å². The zero-order valence-corrected chi connectivity index (χ0v) is 14.6. The van der Waals surface area contributed by atoms with Gasteiger partial charge in [-0.2, -0.15) is 5.10 Å². The lowest BCUT2D eigenvalue weighted by molar-refractivity contribution is -0.124. The second-order valence-electron chi connectivity index (χ2n) is 5.93. The second kappa shape index (κ2) is 8.22. The van der Waals surface area contributed by atoms with Crippen LogP contribution in [0.1, 0.15) is 28.9 Å². The van der Waals surface area contributed by atoms with Crippen LogP contribution in [0.25, 0.3) is 0 Å². The van der Waals surface area contributed by atoms with E-state index in [0.717, 1.165) is 5.56 Å². The molecule has 0 aliphatic carbocycles. The number of benzene rings is 2. The van der Waals surface area contributed by atoms with Gasteiger partial charge in [0.15, 0.2) is 0 Å². The molecule has 7 nitrogen and oxygen atoms in total. The summed E-state index contributed by atoms with van der Waals surface area (Å²) in [6, 6.07) is 12.0. The molecule has 0 saturated heterocycles. The highest BCUT2D eigenvalue weighted by atomic mass is 19.1. The molecule has 0 aliphatic rings. The molecule has 8 heteroatoms. The lowest BCUT2D eigenvalue weighted by Crippen LogP contribution is -2.30. The Morgan fingerprint density at radius 1 is 1.19 bits per heavy atom. The van der Waals surface area contributed by atoms with E-state index in [2.05, 4.69) is 20.7 Å². The molecular formula is C19H18FN5O2. The summed E-state index contributed by atoms with van der Waals surface area (Å²) in [4.78, 5) is 28.2. The maximum Gasteiger partial charge on any atom is 0.255 e. The quantitative estimate of drug-likeness (QED) is 0.701. The van der Waals surface area contributed by atoms with Gasteiger partial charge in [0, 0.05) is 17.8 Å². The second-order valence-corrected chi connectivity index (χ2v) is 5.93. The van der Waals surface area contributed by atoms with Gasteiger partial charge in [-0.05, 0) is 48.9 Å². The van der Waals surface area contributed by atoms with Gasteiger partial charge < -0.3 is 10.6 Å². The Kier molecular flexibility index (Phi) is 5.55. The number of nitrogens with zero attached hydrogens (tertiary/aromatic N) is 3. The fourth-order valence-electron chi connectivity index (χ4n) is 2.44. The predicted molar refractivity (Wildman–Crippen MR) is 97.4 cm³/mol. The van der Waals surface area contributed by atoms with Crippen molar-refractivity contribution < 1.29 is 14.0 Å². The summed E-state index contributed by atoms with van der Waals surface area (Å²) in [5.41, 5.74) is 1.77. The average Bonchev–Trinajstić information content (AvgIpc) is 3.21. The van der Waals surface area contributed by atoms with Crippen molar-refractivity contribution in [2.75, 3.05) is 5.32 Å². The first-order valence-electron chi connectivity index (χ1n) is 8.30. The maximum atomic E-state index is 13.0. The van der Waals surface area contributed by atoms with E-state index in [1.807, 2.05) is 6.07 Å². The Balaban J connectivity index is 1.59. The first kappa shape index (κ1) is 18.2. The first-order valence-corrected chi connectivity index (χ1v) is 8.30. The Labute approximate surface area is 155 Å². The minimum absolute atomic E-state index is 0.193. The van der Waals surface area contributed by atoms with Gasteiger partial charge in [0.25, 0.3) is 5.91 Å². The maximum absolute atomic E-state index is 13.0. The highest BCUT2D eigenvalue weighted by molar-refractivity contribution is 6.04. The van der Waals surface area contributed by atoms with E-state index in [0.29, 0.717) is 17.8 Å². The number of halogens is 1. The molecule has 1 aromatic heterocycles. The van der Waals surface area contributed by atoms with Crippen LogP contribution in [0, 0.1) is 5.82 Å². The van der Waals surface area contributed by atoms with E-state index in [9.17, 15) is 14.0 Å². The van der Waals surface area contributed by atoms with Crippen LogP contribution >= 0.6 is 0 Å². The monoisotopic (exact) mass is 367 g/mol. The molecular weight excluding hydrogens is 349 g/mol. The van der Waals surface area contributed by atoms with Crippen LogP contribution in [0.4, 0.5) is 10.1 Å². The number of hydrogen-bond donors (Lipinski definition) is 2. The topological polar surface area (TPSA) is 88.9 Å². The molecule has 0 bridgehead atoms. The Morgan fingerprint density at radius 3 is 2.67 bits per heavy atom. The SMILES string of the molecule is C[C@@H](C(=O)NCc1cccc(NC(=O)c2ccc(F)cc2)c1)n1cncn1. The van der Waals surface area contributed by atoms with Crippen molar-refractivity contribution in [2.45, 2.75) is 19.5 Å². The van der Waals surface area contributed by atoms with Crippen LogP contribution in [-0.4, -0.2) is 26.6 Å². The fourth-order valence-corrected chi connectivity index (χ4v) is 2.44. The van der Waals surface area contributed by atoms with Crippen molar-refractivity contribution in [2.24, 2.45) is 0 Å². The molecule has 2 amide bonds. The van der Waals surface area contributed by atoms with Gasteiger partial charge >= 0.3 is 0 Å². The van der Waals surface area contributed by atoms with Crippen LogP contribution in [0.15, 0.2) is 61.2 Å². The normalized spacial score (nSPS) is 11.6. The number of carbonyl (C=O) groups excluding carboxylic acids is 2. The van der Waals surface area contributed by atoms with Gasteiger partial charge in [-0.25, -0.2) is 14.1 Å². The molecule has 0 fully saturated rings. The third kappa shape index (κ3) is 4.75. The molecule has 0 aliphatic heterocycles. The Hall–Kier alpha value is -3.55. The molecule has 0 radical (unpaired) electrons. The predicted octanol–water partition coefficient (Wildman–Crippen LogP) is 2.55. The number of amides is 2. The van der Waals surface area contributed by atoms with E-state index < -0.39 is 11.9 Å². The molecule has 3 rings (SSSR count). The summed E-state index contributed by atoms with van der Waals surface area (Å²) >= 11 is 0. The van der Waals surface area contributed by atoms with E-state index in [1.165, 1.54) is 41.6 Å². The van der Waals surface area contributed by atoms with Crippen LogP contribution in [0.3, 0.4) is 0 Å². The van der Waals surface area contributed by atoms with Gasteiger partial charge in [0.05, 0.1) is 0 Å². The standard InChI is InChI=1S/C19H18FN5O2/c1-13(25-12-21-11-23-25)18(26)22-10-14-3-2-4-17(9-14)24-19(27)15-5-7-16(20)8-6-15/h2-9,11-13H,10H2,1H3,(H,22,26)(H,24,27)/t13-/m0/s1. The first-order chi connectivity index (χ1) is 13.0. The molecule has 0 unspecified atom stereocenters. The number of hydrogen-bond acceptors (Lipinski definition) is 4. The zero-order valence-electron chi connectivity index (χ0n) is 14.6. The summed E-state index contributed by atoms with van der Waals surface area (Å²) in [7, 11) is 0. The number of carbonyl (C=O) groups is 2. The summed E-state index contributed by atoms with van der Waals surface area (Å²) < 4.78 is 14.4. The average molecular weight is 367 g/mol. The third-order valence-corrected chi connectivity index (χ3v) is 3.97. The largest absolute Gasteiger partial charge is 0.350 e. The van der Waals surface area contributed by atoms with Gasteiger partial charge in [0.1, 0.15) is 24.5 Å². The molecule has 2 aromatic carbocycles. The lowest BCUT2D eigenvalue weighted by atomic mass is 10.1. The Bertz CT molecular complexity index is 926. The van der Waals surface area contributed by atoms with Crippen LogP contribution in [0.2, 0.25) is 0 Å². The molecule has 138 valence electrons. The number of nitrogens with one attached hydrogen (secondary N) is 2. The summed E-state index contributed by atoms with van der Waals surface area (Å²) in [6.07, 6.45) is 2.85. The van der Waals surface area contributed by atoms with Gasteiger partial charge in [-0.3, -0.25) is 9.59 Å². The number of aromatic nitrogens is 3. The third-order valence-electron chi connectivity index (χ3n) is 3.97. The van der Waals surface area contributed by atoms with E-state index in [1.54, 1.807) is 25.1 Å². The molecule has 2 N–H and O–H groups in total. The highest BCUT2D eigenvalue weighted by Gasteiger charge is 2.15. The van der Waals surface area contributed by atoms with Gasteiger partial charge in [0.2, 0.25) is 5.91 Å². The highest BCUT2D eigenvalue weighted by Crippen LogP contribution is 2.13. The number of anilines is 1. The Morgan fingerprint density at radius 2 is 1.96 bits per heavy atom. The van der Waals surface area contributed by atoms with E-state index >= 15 is 0 Å². The molecule has 1 heterocycles. The molecule has 3 aromatic rings. The van der Waals surface area contributed by atoms with Crippen molar-refractivity contribution in [3.63, 3.8) is 0 Å². The van der Waals surface area contributed by atoms with Crippen LogP contribution in [-0.2, 0) is 11.3 Å². The van der Waals surface area contributed by atoms with Crippen molar-refractivity contribution >= 4 is 17.5 Å². The van der Waals surface area contributed by atoms with Gasteiger partial charge in [-0.15, -0.1) is 0 Å². The van der Waals surface area contributed by atoms with Crippen molar-refractivity contribution in [3.05, 3.63) is 78.1 Å². The smallest absolute Gasteiger partial charge is 0.255 e. The number of rotatable bonds is 6. The molecule has 27 heavy (non-hydrogen) atoms. The van der Waals surface area contributed by atoms with Crippen molar-refractivity contribution in [1.29, 1.82) is 0 Å². The van der Waals surface area contributed by atoms with E-state index in [-0.39, 0.29) is 11.8 Å². The zero-order chi connectivity index (χ0) is 19.2. The molecule has 1 atom stereocenters. The van der Waals surface area contributed by atoms with Gasteiger partial charge in [-0.1, -0.05) is 12.1 Å². The van der Waals surface area contributed by atoms with E-state index in [4.69, 9.17) is 0 Å². The van der Waals surface area contributed by atoms with Crippen LogP contribution in [0.5, 0.6) is 0 Å². The summed E-state index contributed by atoms with van der Waals surface area (Å²) in [5, 5.41) is 9.52. The summed E-state index contributed by atoms with van der Waals surface area (Å²) in [6.45, 7) is 2.03. The minimum Gasteiger partial charge on any atom is -0.350 e. The molecule has 0 saturated carbocycles. The summed E-state index contributed by atoms with van der Waals surface area (Å²) in [5.74, 6) is -0.929. The lowest BCUT2D eigenvalue weighted by Gasteiger charge is -2.13. The van der Waals surface area contributed by atoms with Crippen LogP contribution < -0.4 is 10.6 Å². The fraction of sp³-hybridized carbons (Fsp3) is 0.158. The minimum atomic E-state index is -0.478. The molecule has 0 spiro atoms.